The van der Waals surface area contributed by atoms with Crippen molar-refractivity contribution in [2.75, 3.05) is 5.32 Å². The zero-order valence-corrected chi connectivity index (χ0v) is 9.05. The molecule has 0 spiro atoms. The number of hydrogen-bond acceptors (Lipinski definition) is 4. The molecule has 1 atom stereocenters. The standard InChI is InChI=1S/C9H14N6/c1-7(8-13-11-6-15(8)3)12-9-10-4-5-14(9)2/h4-7H,1-3H3,(H,10,12). The number of nitrogens with one attached hydrogen (secondary N) is 1. The van der Waals surface area contributed by atoms with Gasteiger partial charge in [0, 0.05) is 26.5 Å². The number of nitrogens with zero attached hydrogens (tertiary/aromatic N) is 5. The Hall–Kier alpha value is -1.85. The van der Waals surface area contributed by atoms with Crippen LogP contribution in [0.15, 0.2) is 18.7 Å². The zero-order valence-electron chi connectivity index (χ0n) is 9.05. The fraction of sp³-hybridized carbons (Fsp3) is 0.444. The Morgan fingerprint density at radius 2 is 2.13 bits per heavy atom. The van der Waals surface area contributed by atoms with Crippen molar-refractivity contribution < 1.29 is 0 Å². The van der Waals surface area contributed by atoms with E-state index in [1.807, 2.05) is 36.4 Å². The molecule has 2 aromatic heterocycles. The number of aryl methyl sites for hydroxylation is 2. The SMILES string of the molecule is CC(Nc1nccn1C)c1nncn1C. The van der Waals surface area contributed by atoms with Crippen LogP contribution in [0.5, 0.6) is 0 Å². The fourth-order valence-corrected chi connectivity index (χ4v) is 1.45. The van der Waals surface area contributed by atoms with Crippen LogP contribution in [0.4, 0.5) is 5.95 Å². The third kappa shape index (κ3) is 1.83. The molecule has 15 heavy (non-hydrogen) atoms. The van der Waals surface area contributed by atoms with Crippen molar-refractivity contribution >= 4 is 5.95 Å². The molecule has 80 valence electrons. The lowest BCUT2D eigenvalue weighted by Crippen LogP contribution is -2.14. The van der Waals surface area contributed by atoms with Gasteiger partial charge in [-0.05, 0) is 6.92 Å². The van der Waals surface area contributed by atoms with Crippen LogP contribution in [0.1, 0.15) is 18.8 Å². The van der Waals surface area contributed by atoms with E-state index in [0.29, 0.717) is 0 Å². The molecule has 0 aliphatic rings. The first-order chi connectivity index (χ1) is 7.18. The van der Waals surface area contributed by atoms with Gasteiger partial charge in [-0.3, -0.25) is 0 Å². The fourth-order valence-electron chi connectivity index (χ4n) is 1.45. The van der Waals surface area contributed by atoms with Gasteiger partial charge in [0.25, 0.3) is 0 Å². The molecule has 2 aromatic rings. The van der Waals surface area contributed by atoms with Crippen molar-refractivity contribution in [1.82, 2.24) is 24.3 Å². The Morgan fingerprint density at radius 3 is 2.67 bits per heavy atom. The van der Waals surface area contributed by atoms with E-state index in [0.717, 1.165) is 11.8 Å². The van der Waals surface area contributed by atoms with Crippen molar-refractivity contribution in [1.29, 1.82) is 0 Å². The van der Waals surface area contributed by atoms with Gasteiger partial charge in [-0.1, -0.05) is 0 Å². The summed E-state index contributed by atoms with van der Waals surface area (Å²) in [4.78, 5) is 4.19. The number of imidazole rings is 1. The molecular formula is C9H14N6. The minimum Gasteiger partial charge on any atom is -0.346 e. The number of aromatic nitrogens is 5. The Morgan fingerprint density at radius 1 is 1.33 bits per heavy atom. The van der Waals surface area contributed by atoms with E-state index in [-0.39, 0.29) is 6.04 Å². The van der Waals surface area contributed by atoms with Gasteiger partial charge in [-0.15, -0.1) is 10.2 Å². The number of rotatable bonds is 3. The van der Waals surface area contributed by atoms with Crippen molar-refractivity contribution in [3.8, 4) is 0 Å². The van der Waals surface area contributed by atoms with Crippen molar-refractivity contribution in [3.63, 3.8) is 0 Å². The quantitative estimate of drug-likeness (QED) is 0.804. The van der Waals surface area contributed by atoms with E-state index < -0.39 is 0 Å². The summed E-state index contributed by atoms with van der Waals surface area (Å²) in [7, 11) is 3.87. The third-order valence-corrected chi connectivity index (χ3v) is 2.30. The molecule has 1 N–H and O–H groups in total. The minimum atomic E-state index is 0.0820. The summed E-state index contributed by atoms with van der Waals surface area (Å²) in [5.41, 5.74) is 0. The van der Waals surface area contributed by atoms with Gasteiger partial charge in [-0.25, -0.2) is 4.98 Å². The molecule has 0 aromatic carbocycles. The number of anilines is 1. The maximum Gasteiger partial charge on any atom is 0.203 e. The molecule has 0 amide bonds. The van der Waals surface area contributed by atoms with Gasteiger partial charge in [0.15, 0.2) is 5.82 Å². The predicted octanol–water partition coefficient (Wildman–Crippen LogP) is 0.722. The maximum atomic E-state index is 4.19. The molecule has 0 bridgehead atoms. The highest BCUT2D eigenvalue weighted by molar-refractivity contribution is 5.28. The van der Waals surface area contributed by atoms with Crippen LogP contribution in [-0.2, 0) is 14.1 Å². The Labute approximate surface area is 88.0 Å². The second kappa shape index (κ2) is 3.72. The highest BCUT2D eigenvalue weighted by atomic mass is 15.3. The first kappa shape index (κ1) is 9.70. The van der Waals surface area contributed by atoms with Gasteiger partial charge in [-0.2, -0.15) is 0 Å². The second-order valence-electron chi connectivity index (χ2n) is 3.53. The zero-order chi connectivity index (χ0) is 10.8. The monoisotopic (exact) mass is 206 g/mol. The minimum absolute atomic E-state index is 0.0820. The van der Waals surface area contributed by atoms with Crippen molar-refractivity contribution in [3.05, 3.63) is 24.5 Å². The average Bonchev–Trinajstić information content (AvgIpc) is 2.76. The Balaban J connectivity index is 2.14. The molecule has 1 unspecified atom stereocenters. The lowest BCUT2D eigenvalue weighted by Gasteiger charge is -2.13. The molecule has 0 aliphatic heterocycles. The largest absolute Gasteiger partial charge is 0.346 e. The van der Waals surface area contributed by atoms with Crippen LogP contribution in [0.3, 0.4) is 0 Å². The maximum absolute atomic E-state index is 4.19. The van der Waals surface area contributed by atoms with Crippen LogP contribution in [0.2, 0.25) is 0 Å². The molecule has 0 saturated carbocycles. The van der Waals surface area contributed by atoms with Gasteiger partial charge >= 0.3 is 0 Å². The normalized spacial score (nSPS) is 12.7. The summed E-state index contributed by atoms with van der Waals surface area (Å²) >= 11 is 0. The first-order valence-electron chi connectivity index (χ1n) is 4.76. The highest BCUT2D eigenvalue weighted by Crippen LogP contribution is 2.14. The molecular weight excluding hydrogens is 192 g/mol. The summed E-state index contributed by atoms with van der Waals surface area (Å²) in [6.07, 6.45) is 5.34. The van der Waals surface area contributed by atoms with Gasteiger partial charge in [0.1, 0.15) is 6.33 Å². The Kier molecular flexibility index (Phi) is 2.40. The molecule has 0 radical (unpaired) electrons. The Bertz CT molecular complexity index is 443. The van der Waals surface area contributed by atoms with Gasteiger partial charge in [0.2, 0.25) is 5.95 Å². The molecule has 0 saturated heterocycles. The van der Waals surface area contributed by atoms with Crippen LogP contribution < -0.4 is 5.32 Å². The first-order valence-corrected chi connectivity index (χ1v) is 4.76. The van der Waals surface area contributed by atoms with E-state index in [2.05, 4.69) is 20.5 Å². The molecule has 2 rings (SSSR count). The summed E-state index contributed by atoms with van der Waals surface area (Å²) in [5, 5.41) is 11.1. The van der Waals surface area contributed by atoms with Crippen molar-refractivity contribution in [2.45, 2.75) is 13.0 Å². The highest BCUT2D eigenvalue weighted by Gasteiger charge is 2.12. The van der Waals surface area contributed by atoms with E-state index >= 15 is 0 Å². The lowest BCUT2D eigenvalue weighted by molar-refractivity contribution is 0.706. The molecule has 0 fully saturated rings. The third-order valence-electron chi connectivity index (χ3n) is 2.30. The summed E-state index contributed by atoms with van der Waals surface area (Å²) < 4.78 is 3.81. The molecule has 6 heteroatoms. The summed E-state index contributed by atoms with van der Waals surface area (Å²) in [5.74, 6) is 1.71. The van der Waals surface area contributed by atoms with Crippen LogP contribution in [0, 0.1) is 0 Å². The second-order valence-corrected chi connectivity index (χ2v) is 3.53. The van der Waals surface area contributed by atoms with Crippen LogP contribution in [0.25, 0.3) is 0 Å². The summed E-state index contributed by atoms with van der Waals surface area (Å²) in [6.45, 7) is 2.03. The lowest BCUT2D eigenvalue weighted by atomic mass is 10.3. The van der Waals surface area contributed by atoms with E-state index in [9.17, 15) is 0 Å². The van der Waals surface area contributed by atoms with Crippen LogP contribution >= 0.6 is 0 Å². The average molecular weight is 206 g/mol. The van der Waals surface area contributed by atoms with Crippen LogP contribution in [-0.4, -0.2) is 24.3 Å². The van der Waals surface area contributed by atoms with E-state index in [4.69, 9.17) is 0 Å². The smallest absolute Gasteiger partial charge is 0.203 e. The predicted molar refractivity (Wildman–Crippen MR) is 56.2 cm³/mol. The topological polar surface area (TPSA) is 60.6 Å². The van der Waals surface area contributed by atoms with Gasteiger partial charge in [0.05, 0.1) is 6.04 Å². The van der Waals surface area contributed by atoms with Gasteiger partial charge < -0.3 is 14.5 Å². The molecule has 2 heterocycles. The van der Waals surface area contributed by atoms with E-state index in [1.165, 1.54) is 0 Å². The molecule has 0 aliphatic carbocycles. The summed E-state index contributed by atoms with van der Waals surface area (Å²) in [6, 6.07) is 0.0820. The number of hydrogen-bond donors (Lipinski definition) is 1. The molecule has 6 nitrogen and oxygen atoms in total. The van der Waals surface area contributed by atoms with E-state index in [1.54, 1.807) is 12.5 Å². The van der Waals surface area contributed by atoms with Crippen molar-refractivity contribution in [2.24, 2.45) is 14.1 Å².